The number of carbonyl (C=O) groups is 2. The zero-order chi connectivity index (χ0) is 14.2. The van der Waals surface area contributed by atoms with E-state index in [-0.39, 0.29) is 5.89 Å². The largest absolute Gasteiger partial charge is 0.476 e. The Balaban J connectivity index is 2.64. The first-order valence-electron chi connectivity index (χ1n) is 5.45. The van der Waals surface area contributed by atoms with E-state index in [2.05, 4.69) is 4.98 Å². The SMILES string of the molecule is Cc1cccc(-c2nc(C(=O)O)c(C(=O)O)o2)c1C. The average Bonchev–Trinajstić information content (AvgIpc) is 2.77. The molecule has 6 heteroatoms. The molecule has 0 unspecified atom stereocenters. The van der Waals surface area contributed by atoms with Gasteiger partial charge < -0.3 is 14.6 Å². The predicted octanol–water partition coefficient (Wildman–Crippen LogP) is 2.35. The molecule has 2 aromatic rings. The fraction of sp³-hybridized carbons (Fsp3) is 0.154. The summed E-state index contributed by atoms with van der Waals surface area (Å²) in [5.41, 5.74) is 1.82. The molecule has 0 radical (unpaired) electrons. The van der Waals surface area contributed by atoms with E-state index in [0.717, 1.165) is 11.1 Å². The summed E-state index contributed by atoms with van der Waals surface area (Å²) in [6.45, 7) is 3.72. The van der Waals surface area contributed by atoms with Crippen LogP contribution < -0.4 is 0 Å². The molecule has 0 bridgehead atoms. The third kappa shape index (κ3) is 2.20. The lowest BCUT2D eigenvalue weighted by Gasteiger charge is -2.03. The number of nitrogens with zero attached hydrogens (tertiary/aromatic N) is 1. The van der Waals surface area contributed by atoms with Gasteiger partial charge in [-0.05, 0) is 31.0 Å². The molecule has 6 nitrogen and oxygen atoms in total. The molecule has 19 heavy (non-hydrogen) atoms. The van der Waals surface area contributed by atoms with Crippen LogP contribution in [0.4, 0.5) is 0 Å². The lowest BCUT2D eigenvalue weighted by molar-refractivity contribution is 0.0624. The van der Waals surface area contributed by atoms with Crippen molar-refractivity contribution in [2.24, 2.45) is 0 Å². The summed E-state index contributed by atoms with van der Waals surface area (Å²) in [6.07, 6.45) is 0. The number of aromatic carboxylic acids is 2. The summed E-state index contributed by atoms with van der Waals surface area (Å²) in [5, 5.41) is 17.8. The molecule has 0 amide bonds. The van der Waals surface area contributed by atoms with Gasteiger partial charge in [-0.1, -0.05) is 12.1 Å². The molecule has 0 aliphatic heterocycles. The second-order valence-corrected chi connectivity index (χ2v) is 4.05. The molecule has 0 aliphatic rings. The van der Waals surface area contributed by atoms with Crippen LogP contribution in [-0.2, 0) is 0 Å². The summed E-state index contributed by atoms with van der Waals surface area (Å²) in [7, 11) is 0. The van der Waals surface area contributed by atoms with Crippen LogP contribution in [0, 0.1) is 13.8 Å². The van der Waals surface area contributed by atoms with Gasteiger partial charge in [-0.2, -0.15) is 0 Å². The summed E-state index contributed by atoms with van der Waals surface area (Å²) in [6, 6.07) is 5.35. The molecule has 0 spiro atoms. The number of hydrogen-bond acceptors (Lipinski definition) is 4. The van der Waals surface area contributed by atoms with E-state index in [0.29, 0.717) is 5.56 Å². The maximum Gasteiger partial charge on any atom is 0.374 e. The molecule has 0 saturated carbocycles. The van der Waals surface area contributed by atoms with Gasteiger partial charge in [0.25, 0.3) is 0 Å². The van der Waals surface area contributed by atoms with Gasteiger partial charge in [0.1, 0.15) is 0 Å². The lowest BCUT2D eigenvalue weighted by Crippen LogP contribution is -2.05. The van der Waals surface area contributed by atoms with Crippen LogP contribution in [0.2, 0.25) is 0 Å². The number of carboxylic acids is 2. The van der Waals surface area contributed by atoms with Crippen molar-refractivity contribution in [2.45, 2.75) is 13.8 Å². The Morgan fingerprint density at radius 3 is 2.37 bits per heavy atom. The van der Waals surface area contributed by atoms with Crippen LogP contribution in [0.5, 0.6) is 0 Å². The Kier molecular flexibility index (Phi) is 3.08. The molecule has 98 valence electrons. The number of hydrogen-bond donors (Lipinski definition) is 2. The molecule has 0 aliphatic carbocycles. The van der Waals surface area contributed by atoms with Crippen molar-refractivity contribution >= 4 is 11.9 Å². The van der Waals surface area contributed by atoms with Crippen molar-refractivity contribution < 1.29 is 24.2 Å². The molecular weight excluding hydrogens is 250 g/mol. The fourth-order valence-corrected chi connectivity index (χ4v) is 1.71. The van der Waals surface area contributed by atoms with Crippen LogP contribution in [-0.4, -0.2) is 27.1 Å². The van der Waals surface area contributed by atoms with Gasteiger partial charge in [-0.3, -0.25) is 0 Å². The zero-order valence-corrected chi connectivity index (χ0v) is 10.3. The first-order chi connectivity index (χ1) is 8.91. The van der Waals surface area contributed by atoms with Crippen molar-refractivity contribution in [3.63, 3.8) is 0 Å². The van der Waals surface area contributed by atoms with Crippen LogP contribution in [0.15, 0.2) is 22.6 Å². The van der Waals surface area contributed by atoms with Gasteiger partial charge in [-0.25, -0.2) is 14.6 Å². The molecule has 2 rings (SSSR count). The average molecular weight is 261 g/mol. The molecule has 0 saturated heterocycles. The Hall–Kier alpha value is -2.63. The van der Waals surface area contributed by atoms with Crippen LogP contribution >= 0.6 is 0 Å². The highest BCUT2D eigenvalue weighted by atomic mass is 16.4. The van der Waals surface area contributed by atoms with Crippen molar-refractivity contribution in [2.75, 3.05) is 0 Å². The van der Waals surface area contributed by atoms with E-state index < -0.39 is 23.4 Å². The second kappa shape index (κ2) is 4.56. The fourth-order valence-electron chi connectivity index (χ4n) is 1.71. The monoisotopic (exact) mass is 261 g/mol. The van der Waals surface area contributed by atoms with E-state index in [1.165, 1.54) is 0 Å². The second-order valence-electron chi connectivity index (χ2n) is 4.05. The topological polar surface area (TPSA) is 101 Å². The zero-order valence-electron chi connectivity index (χ0n) is 10.3. The third-order valence-electron chi connectivity index (χ3n) is 2.86. The van der Waals surface area contributed by atoms with Crippen molar-refractivity contribution in [3.05, 3.63) is 40.8 Å². The summed E-state index contributed by atoms with van der Waals surface area (Å²) in [5.74, 6) is -3.56. The van der Waals surface area contributed by atoms with Crippen LogP contribution in [0.3, 0.4) is 0 Å². The standard InChI is InChI=1S/C13H11NO5/c1-6-4-3-5-8(7(6)2)11-14-9(12(15)16)10(19-11)13(17)18/h3-5H,1-2H3,(H,15,16)(H,17,18). The number of aryl methyl sites for hydroxylation is 1. The first kappa shape index (κ1) is 12.8. The molecule has 0 fully saturated rings. The van der Waals surface area contributed by atoms with Gasteiger partial charge >= 0.3 is 11.9 Å². The Bertz CT molecular complexity index is 640. The van der Waals surface area contributed by atoms with Gasteiger partial charge in [0.2, 0.25) is 17.3 Å². The molecule has 1 aromatic heterocycles. The lowest BCUT2D eigenvalue weighted by atomic mass is 10.0. The van der Waals surface area contributed by atoms with Crippen molar-refractivity contribution in [3.8, 4) is 11.5 Å². The highest BCUT2D eigenvalue weighted by Crippen LogP contribution is 2.27. The minimum Gasteiger partial charge on any atom is -0.476 e. The highest BCUT2D eigenvalue weighted by molar-refractivity contribution is 5.98. The molecule has 1 aromatic carbocycles. The van der Waals surface area contributed by atoms with Crippen molar-refractivity contribution in [1.29, 1.82) is 0 Å². The van der Waals surface area contributed by atoms with Crippen molar-refractivity contribution in [1.82, 2.24) is 4.98 Å². The Morgan fingerprint density at radius 1 is 1.16 bits per heavy atom. The summed E-state index contributed by atoms with van der Waals surface area (Å²) >= 11 is 0. The summed E-state index contributed by atoms with van der Waals surface area (Å²) in [4.78, 5) is 25.6. The van der Waals surface area contributed by atoms with E-state index in [9.17, 15) is 9.59 Å². The normalized spacial score (nSPS) is 10.4. The molecule has 0 atom stereocenters. The first-order valence-corrected chi connectivity index (χ1v) is 5.45. The predicted molar refractivity (Wildman–Crippen MR) is 65.3 cm³/mol. The number of benzene rings is 1. The highest BCUT2D eigenvalue weighted by Gasteiger charge is 2.25. The number of carboxylic acid groups (broad SMARTS) is 2. The maximum atomic E-state index is 10.9. The minimum atomic E-state index is -1.46. The molecule has 1 heterocycles. The molecular formula is C13H11NO5. The quantitative estimate of drug-likeness (QED) is 0.879. The maximum absolute atomic E-state index is 10.9. The van der Waals surface area contributed by atoms with Crippen LogP contribution in [0.1, 0.15) is 32.2 Å². The number of oxazole rings is 1. The number of rotatable bonds is 3. The van der Waals surface area contributed by atoms with E-state index in [1.807, 2.05) is 19.9 Å². The Labute approximate surface area is 108 Å². The van der Waals surface area contributed by atoms with E-state index >= 15 is 0 Å². The van der Waals surface area contributed by atoms with Crippen LogP contribution in [0.25, 0.3) is 11.5 Å². The minimum absolute atomic E-state index is 0.00370. The van der Waals surface area contributed by atoms with E-state index in [4.69, 9.17) is 14.6 Å². The summed E-state index contributed by atoms with van der Waals surface area (Å²) < 4.78 is 5.07. The van der Waals surface area contributed by atoms with Gasteiger partial charge in [0, 0.05) is 5.56 Å². The number of aromatic nitrogens is 1. The van der Waals surface area contributed by atoms with Gasteiger partial charge in [-0.15, -0.1) is 0 Å². The smallest absolute Gasteiger partial charge is 0.374 e. The van der Waals surface area contributed by atoms with E-state index in [1.54, 1.807) is 12.1 Å². The van der Waals surface area contributed by atoms with Gasteiger partial charge in [0.05, 0.1) is 0 Å². The van der Waals surface area contributed by atoms with Gasteiger partial charge in [0.15, 0.2) is 0 Å². The Morgan fingerprint density at radius 2 is 1.84 bits per heavy atom. The third-order valence-corrected chi connectivity index (χ3v) is 2.86. The molecule has 2 N–H and O–H groups in total.